The molecule has 1 aliphatic rings. The summed E-state index contributed by atoms with van der Waals surface area (Å²) >= 11 is 2.02. The van der Waals surface area contributed by atoms with Gasteiger partial charge < -0.3 is 10.5 Å². The summed E-state index contributed by atoms with van der Waals surface area (Å²) in [7, 11) is 0. The first-order valence-corrected chi connectivity index (χ1v) is 7.25. The first-order chi connectivity index (χ1) is 8.27. The van der Waals surface area contributed by atoms with E-state index in [2.05, 4.69) is 37.3 Å². The van der Waals surface area contributed by atoms with Crippen molar-refractivity contribution in [1.82, 2.24) is 0 Å². The molecule has 0 amide bonds. The van der Waals surface area contributed by atoms with Crippen LogP contribution in [0.15, 0.2) is 30.3 Å². The van der Waals surface area contributed by atoms with Crippen LogP contribution in [-0.2, 0) is 4.74 Å². The highest BCUT2D eigenvalue weighted by Gasteiger charge is 2.23. The molecule has 1 aromatic carbocycles. The minimum absolute atomic E-state index is 0.185. The lowest BCUT2D eigenvalue weighted by molar-refractivity contribution is 0.0999. The highest BCUT2D eigenvalue weighted by atomic mass is 32.2. The molecule has 2 nitrogen and oxygen atoms in total. The van der Waals surface area contributed by atoms with Crippen LogP contribution in [-0.4, -0.2) is 24.5 Å². The van der Waals surface area contributed by atoms with E-state index in [1.54, 1.807) is 0 Å². The molecule has 0 radical (unpaired) electrons. The van der Waals surface area contributed by atoms with Crippen LogP contribution >= 0.6 is 11.8 Å². The molecule has 1 aromatic rings. The molecule has 17 heavy (non-hydrogen) atoms. The van der Waals surface area contributed by atoms with E-state index < -0.39 is 0 Å². The van der Waals surface area contributed by atoms with E-state index in [1.807, 2.05) is 11.8 Å². The first kappa shape index (κ1) is 12.9. The lowest BCUT2D eigenvalue weighted by Gasteiger charge is -2.28. The Bertz CT molecular complexity index is 322. The third-order valence-corrected chi connectivity index (χ3v) is 4.96. The molecule has 1 heterocycles. The topological polar surface area (TPSA) is 35.2 Å². The first-order valence-electron chi connectivity index (χ1n) is 6.31. The Morgan fingerprint density at radius 2 is 1.88 bits per heavy atom. The summed E-state index contributed by atoms with van der Waals surface area (Å²) in [6.45, 7) is 3.90. The SMILES string of the molecule is CC(N)C(SC1CCOCC1)c1ccccc1. The Kier molecular flexibility index (Phi) is 4.89. The van der Waals surface area contributed by atoms with E-state index >= 15 is 0 Å². The van der Waals surface area contributed by atoms with E-state index in [9.17, 15) is 0 Å². The van der Waals surface area contributed by atoms with Crippen LogP contribution in [0.2, 0.25) is 0 Å². The number of hydrogen-bond acceptors (Lipinski definition) is 3. The molecular formula is C14H21NOS. The quantitative estimate of drug-likeness (QED) is 0.893. The number of thioether (sulfide) groups is 1. The van der Waals surface area contributed by atoms with Crippen molar-refractivity contribution >= 4 is 11.8 Å². The Balaban J connectivity index is 2.02. The summed E-state index contributed by atoms with van der Waals surface area (Å²) in [4.78, 5) is 0. The van der Waals surface area contributed by atoms with E-state index in [4.69, 9.17) is 10.5 Å². The molecular weight excluding hydrogens is 230 g/mol. The van der Waals surface area contributed by atoms with Gasteiger partial charge in [-0.25, -0.2) is 0 Å². The van der Waals surface area contributed by atoms with Gasteiger partial charge in [-0.2, -0.15) is 0 Å². The van der Waals surface area contributed by atoms with Crippen LogP contribution in [0.5, 0.6) is 0 Å². The fourth-order valence-electron chi connectivity index (χ4n) is 2.17. The summed E-state index contributed by atoms with van der Waals surface area (Å²) < 4.78 is 5.40. The van der Waals surface area contributed by atoms with Gasteiger partial charge in [0.15, 0.2) is 0 Å². The van der Waals surface area contributed by atoms with Gasteiger partial charge in [-0.05, 0) is 25.3 Å². The average Bonchev–Trinajstić information content (AvgIpc) is 2.38. The smallest absolute Gasteiger partial charge is 0.0476 e. The molecule has 2 N–H and O–H groups in total. The van der Waals surface area contributed by atoms with Gasteiger partial charge in [0.05, 0.1) is 0 Å². The van der Waals surface area contributed by atoms with Crippen LogP contribution < -0.4 is 5.73 Å². The van der Waals surface area contributed by atoms with Gasteiger partial charge in [0.2, 0.25) is 0 Å². The van der Waals surface area contributed by atoms with Crippen molar-refractivity contribution in [1.29, 1.82) is 0 Å². The van der Waals surface area contributed by atoms with Gasteiger partial charge >= 0.3 is 0 Å². The number of ether oxygens (including phenoxy) is 1. The van der Waals surface area contributed by atoms with Gasteiger partial charge in [0.1, 0.15) is 0 Å². The van der Waals surface area contributed by atoms with Crippen LogP contribution in [0, 0.1) is 0 Å². The fraction of sp³-hybridized carbons (Fsp3) is 0.571. The standard InChI is InChI=1S/C14H21NOS/c1-11(15)14(12-5-3-2-4-6-12)17-13-7-9-16-10-8-13/h2-6,11,13-14H,7-10,15H2,1H3. The molecule has 3 heteroatoms. The summed E-state index contributed by atoms with van der Waals surface area (Å²) in [6.07, 6.45) is 2.31. The Labute approximate surface area is 108 Å². The van der Waals surface area contributed by atoms with Gasteiger partial charge in [0.25, 0.3) is 0 Å². The van der Waals surface area contributed by atoms with Crippen LogP contribution in [0.1, 0.15) is 30.6 Å². The minimum Gasteiger partial charge on any atom is -0.381 e. The molecule has 0 bridgehead atoms. The second-order valence-electron chi connectivity index (χ2n) is 4.64. The molecule has 2 rings (SSSR count). The molecule has 2 atom stereocenters. The normalized spacial score (nSPS) is 21.1. The number of nitrogens with two attached hydrogens (primary N) is 1. The largest absolute Gasteiger partial charge is 0.381 e. The number of rotatable bonds is 4. The van der Waals surface area contributed by atoms with E-state index in [0.29, 0.717) is 10.5 Å². The van der Waals surface area contributed by atoms with Crippen LogP contribution in [0.4, 0.5) is 0 Å². The Morgan fingerprint density at radius 1 is 1.24 bits per heavy atom. The van der Waals surface area contributed by atoms with Crippen molar-refractivity contribution in [2.75, 3.05) is 13.2 Å². The summed E-state index contributed by atoms with van der Waals surface area (Å²) in [6, 6.07) is 10.8. The monoisotopic (exact) mass is 251 g/mol. The molecule has 1 saturated heterocycles. The van der Waals surface area contributed by atoms with Crippen LogP contribution in [0.3, 0.4) is 0 Å². The highest BCUT2D eigenvalue weighted by molar-refractivity contribution is 8.00. The fourth-order valence-corrected chi connectivity index (χ4v) is 3.61. The van der Waals surface area contributed by atoms with Crippen molar-refractivity contribution in [3.05, 3.63) is 35.9 Å². The predicted molar refractivity (Wildman–Crippen MR) is 74.3 cm³/mol. The predicted octanol–water partition coefficient (Wildman–Crippen LogP) is 2.99. The molecule has 94 valence electrons. The molecule has 2 unspecified atom stereocenters. The van der Waals surface area contributed by atoms with Crippen molar-refractivity contribution < 1.29 is 4.74 Å². The maximum atomic E-state index is 6.13. The molecule has 0 aliphatic carbocycles. The van der Waals surface area contributed by atoms with Gasteiger partial charge in [-0.15, -0.1) is 11.8 Å². The highest BCUT2D eigenvalue weighted by Crippen LogP contribution is 2.37. The second-order valence-corrected chi connectivity index (χ2v) is 6.08. The van der Waals surface area contributed by atoms with Crippen molar-refractivity contribution in [3.8, 4) is 0 Å². The molecule has 0 spiro atoms. The van der Waals surface area contributed by atoms with Crippen molar-refractivity contribution in [2.24, 2.45) is 5.73 Å². The summed E-state index contributed by atoms with van der Waals surface area (Å²) in [5, 5.41) is 1.10. The molecule has 1 aliphatic heterocycles. The van der Waals surface area contributed by atoms with E-state index in [1.165, 1.54) is 5.56 Å². The minimum atomic E-state index is 0.185. The molecule has 0 aromatic heterocycles. The summed E-state index contributed by atoms with van der Waals surface area (Å²) in [5.41, 5.74) is 7.48. The Hall–Kier alpha value is -0.510. The summed E-state index contributed by atoms with van der Waals surface area (Å²) in [5.74, 6) is 0. The van der Waals surface area contributed by atoms with Gasteiger partial charge in [-0.3, -0.25) is 0 Å². The zero-order valence-corrected chi connectivity index (χ0v) is 11.2. The van der Waals surface area contributed by atoms with Crippen molar-refractivity contribution in [3.63, 3.8) is 0 Å². The zero-order chi connectivity index (χ0) is 12.1. The maximum absolute atomic E-state index is 6.13. The lowest BCUT2D eigenvalue weighted by Crippen LogP contribution is -2.26. The van der Waals surface area contributed by atoms with Gasteiger partial charge in [0, 0.05) is 29.8 Å². The zero-order valence-electron chi connectivity index (χ0n) is 10.3. The van der Waals surface area contributed by atoms with E-state index in [-0.39, 0.29) is 6.04 Å². The Morgan fingerprint density at radius 3 is 2.47 bits per heavy atom. The van der Waals surface area contributed by atoms with Crippen LogP contribution in [0.25, 0.3) is 0 Å². The lowest BCUT2D eigenvalue weighted by atomic mass is 10.1. The number of benzene rings is 1. The number of hydrogen-bond donors (Lipinski definition) is 1. The third-order valence-electron chi connectivity index (χ3n) is 3.11. The third kappa shape index (κ3) is 3.73. The van der Waals surface area contributed by atoms with Crippen molar-refractivity contribution in [2.45, 2.75) is 36.3 Å². The van der Waals surface area contributed by atoms with Gasteiger partial charge in [-0.1, -0.05) is 30.3 Å². The maximum Gasteiger partial charge on any atom is 0.0476 e. The molecule has 1 fully saturated rings. The average molecular weight is 251 g/mol. The molecule has 0 saturated carbocycles. The second kappa shape index (κ2) is 6.43. The van der Waals surface area contributed by atoms with E-state index in [0.717, 1.165) is 26.1 Å².